The van der Waals surface area contributed by atoms with Crippen LogP contribution in [0.1, 0.15) is 32.4 Å². The van der Waals surface area contributed by atoms with Gasteiger partial charge in [0, 0.05) is 4.47 Å². The van der Waals surface area contributed by atoms with Crippen LogP contribution < -0.4 is 5.32 Å². The van der Waals surface area contributed by atoms with Crippen molar-refractivity contribution in [2.24, 2.45) is 0 Å². The van der Waals surface area contributed by atoms with Crippen LogP contribution in [0.5, 0.6) is 0 Å². The van der Waals surface area contributed by atoms with Crippen LogP contribution in [0.3, 0.4) is 0 Å². The molecule has 94 valence electrons. The third-order valence-corrected chi connectivity index (χ3v) is 2.82. The molecule has 1 atom stereocenters. The Morgan fingerprint density at radius 2 is 1.88 bits per heavy atom. The molecule has 0 bridgehead atoms. The maximum absolute atomic E-state index is 11.6. The van der Waals surface area contributed by atoms with E-state index in [1.165, 1.54) is 0 Å². The summed E-state index contributed by atoms with van der Waals surface area (Å²) in [5.74, 6) is -0.0888. The van der Waals surface area contributed by atoms with E-state index in [0.717, 1.165) is 10.0 Å². The van der Waals surface area contributed by atoms with Crippen molar-refractivity contribution in [1.82, 2.24) is 5.32 Å². The number of carbonyl (C=O) groups is 1. The minimum Gasteiger partial charge on any atom is -0.369 e. The van der Waals surface area contributed by atoms with Gasteiger partial charge in [-0.1, -0.05) is 28.1 Å². The molecule has 0 aliphatic heterocycles. The third-order valence-electron chi connectivity index (χ3n) is 2.30. The van der Waals surface area contributed by atoms with Gasteiger partial charge in [0.1, 0.15) is 6.61 Å². The van der Waals surface area contributed by atoms with Gasteiger partial charge in [-0.25, -0.2) is 0 Å². The van der Waals surface area contributed by atoms with Crippen LogP contribution in [0.15, 0.2) is 28.7 Å². The van der Waals surface area contributed by atoms with Crippen molar-refractivity contribution in [3.63, 3.8) is 0 Å². The lowest BCUT2D eigenvalue weighted by Crippen LogP contribution is -2.31. The van der Waals surface area contributed by atoms with Gasteiger partial charge >= 0.3 is 0 Å². The van der Waals surface area contributed by atoms with Crippen molar-refractivity contribution in [3.8, 4) is 0 Å². The van der Waals surface area contributed by atoms with E-state index in [1.54, 1.807) is 0 Å². The van der Waals surface area contributed by atoms with E-state index in [9.17, 15) is 4.79 Å². The summed E-state index contributed by atoms with van der Waals surface area (Å²) in [4.78, 5) is 11.6. The van der Waals surface area contributed by atoms with E-state index in [1.807, 2.05) is 45.0 Å². The second-order valence-corrected chi connectivity index (χ2v) is 5.12. The molecule has 0 aliphatic rings. The molecule has 0 spiro atoms. The summed E-state index contributed by atoms with van der Waals surface area (Å²) >= 11 is 3.38. The van der Waals surface area contributed by atoms with Crippen molar-refractivity contribution in [2.45, 2.75) is 32.9 Å². The predicted octanol–water partition coefficient (Wildman–Crippen LogP) is 3.05. The summed E-state index contributed by atoms with van der Waals surface area (Å²) in [6, 6.07) is 7.88. The monoisotopic (exact) mass is 299 g/mol. The summed E-state index contributed by atoms with van der Waals surface area (Å²) in [6.07, 6.45) is 0.0729. The molecular weight excluding hydrogens is 282 g/mol. The number of halogens is 1. The van der Waals surface area contributed by atoms with Crippen LogP contribution in [0.4, 0.5) is 0 Å². The lowest BCUT2D eigenvalue weighted by Gasteiger charge is -2.15. The zero-order chi connectivity index (χ0) is 12.8. The highest BCUT2D eigenvalue weighted by atomic mass is 79.9. The van der Waals surface area contributed by atoms with Crippen molar-refractivity contribution >= 4 is 21.8 Å². The van der Waals surface area contributed by atoms with Gasteiger partial charge in [-0.3, -0.25) is 4.79 Å². The largest absolute Gasteiger partial charge is 0.369 e. The fourth-order valence-electron chi connectivity index (χ4n) is 1.36. The second-order valence-electron chi connectivity index (χ2n) is 4.20. The Labute approximate surface area is 111 Å². The zero-order valence-electron chi connectivity index (χ0n) is 10.4. The summed E-state index contributed by atoms with van der Waals surface area (Å²) in [5.41, 5.74) is 1.08. The van der Waals surface area contributed by atoms with Gasteiger partial charge in [-0.2, -0.15) is 0 Å². The van der Waals surface area contributed by atoms with E-state index >= 15 is 0 Å². The number of benzene rings is 1. The molecule has 0 heterocycles. The molecule has 0 aromatic heterocycles. The molecule has 0 saturated heterocycles. The Morgan fingerprint density at radius 1 is 1.29 bits per heavy atom. The van der Waals surface area contributed by atoms with E-state index in [-0.39, 0.29) is 24.7 Å². The van der Waals surface area contributed by atoms with E-state index in [4.69, 9.17) is 4.74 Å². The number of hydrogen-bond donors (Lipinski definition) is 1. The average molecular weight is 300 g/mol. The number of amides is 1. The molecule has 0 aliphatic carbocycles. The fourth-order valence-corrected chi connectivity index (χ4v) is 1.62. The standard InChI is InChI=1S/C13H18BrNO2/c1-9(2)17-8-13(16)15-10(3)11-4-6-12(14)7-5-11/h4-7,9-10H,8H2,1-3H3,(H,15,16)/t10-/m1/s1. The molecule has 1 amide bonds. The van der Waals surface area contributed by atoms with Crippen molar-refractivity contribution in [3.05, 3.63) is 34.3 Å². The van der Waals surface area contributed by atoms with Gasteiger partial charge in [-0.15, -0.1) is 0 Å². The van der Waals surface area contributed by atoms with Crippen LogP contribution in [-0.4, -0.2) is 18.6 Å². The third kappa shape index (κ3) is 5.33. The van der Waals surface area contributed by atoms with Crippen molar-refractivity contribution in [1.29, 1.82) is 0 Å². The highest BCUT2D eigenvalue weighted by molar-refractivity contribution is 9.10. The summed E-state index contributed by atoms with van der Waals surface area (Å²) in [7, 11) is 0. The summed E-state index contributed by atoms with van der Waals surface area (Å²) in [6.45, 7) is 5.88. The Hall–Kier alpha value is -0.870. The Balaban J connectivity index is 2.46. The Kier molecular flexibility index (Phi) is 5.65. The number of nitrogens with one attached hydrogen (secondary N) is 1. The van der Waals surface area contributed by atoms with Crippen LogP contribution in [0, 0.1) is 0 Å². The van der Waals surface area contributed by atoms with Crippen LogP contribution in [-0.2, 0) is 9.53 Å². The SMILES string of the molecule is CC(C)OCC(=O)N[C@H](C)c1ccc(Br)cc1. The van der Waals surface area contributed by atoms with Crippen LogP contribution in [0.2, 0.25) is 0 Å². The topological polar surface area (TPSA) is 38.3 Å². The maximum Gasteiger partial charge on any atom is 0.246 e. The minimum absolute atomic E-state index is 0.00800. The number of rotatable bonds is 5. The van der Waals surface area contributed by atoms with Gasteiger partial charge in [-0.05, 0) is 38.5 Å². The van der Waals surface area contributed by atoms with Crippen LogP contribution in [0.25, 0.3) is 0 Å². The summed E-state index contributed by atoms with van der Waals surface area (Å²) in [5, 5.41) is 2.89. The van der Waals surface area contributed by atoms with Crippen molar-refractivity contribution in [2.75, 3.05) is 6.61 Å². The van der Waals surface area contributed by atoms with Crippen molar-refractivity contribution < 1.29 is 9.53 Å². The average Bonchev–Trinajstić information content (AvgIpc) is 2.27. The molecule has 1 aromatic rings. The quantitative estimate of drug-likeness (QED) is 0.907. The van der Waals surface area contributed by atoms with Gasteiger partial charge in [0.2, 0.25) is 5.91 Å². The first-order valence-corrected chi connectivity index (χ1v) is 6.44. The number of hydrogen-bond acceptors (Lipinski definition) is 2. The number of carbonyl (C=O) groups excluding carboxylic acids is 1. The molecule has 0 saturated carbocycles. The normalized spacial score (nSPS) is 12.5. The molecule has 0 radical (unpaired) electrons. The van der Waals surface area contributed by atoms with Gasteiger partial charge in [0.05, 0.1) is 12.1 Å². The highest BCUT2D eigenvalue weighted by Gasteiger charge is 2.09. The molecule has 0 unspecified atom stereocenters. The molecular formula is C13H18BrNO2. The Bertz CT molecular complexity index is 362. The van der Waals surface area contributed by atoms with Gasteiger partial charge in [0.15, 0.2) is 0 Å². The van der Waals surface area contributed by atoms with E-state index in [0.29, 0.717) is 0 Å². The van der Waals surface area contributed by atoms with Gasteiger partial charge < -0.3 is 10.1 Å². The molecule has 1 N–H and O–H groups in total. The first kappa shape index (κ1) is 14.2. The first-order chi connectivity index (χ1) is 7.99. The number of ether oxygens (including phenoxy) is 1. The predicted molar refractivity (Wildman–Crippen MR) is 71.8 cm³/mol. The molecule has 4 heteroatoms. The molecule has 17 heavy (non-hydrogen) atoms. The second kappa shape index (κ2) is 6.77. The lowest BCUT2D eigenvalue weighted by molar-refractivity contribution is -0.127. The Morgan fingerprint density at radius 3 is 2.41 bits per heavy atom. The van der Waals surface area contributed by atoms with Gasteiger partial charge in [0.25, 0.3) is 0 Å². The minimum atomic E-state index is -0.0888. The fraction of sp³-hybridized carbons (Fsp3) is 0.462. The zero-order valence-corrected chi connectivity index (χ0v) is 12.0. The van der Waals surface area contributed by atoms with E-state index in [2.05, 4.69) is 21.2 Å². The lowest BCUT2D eigenvalue weighted by atomic mass is 10.1. The van der Waals surface area contributed by atoms with Crippen LogP contribution >= 0.6 is 15.9 Å². The summed E-state index contributed by atoms with van der Waals surface area (Å²) < 4.78 is 6.27. The highest BCUT2D eigenvalue weighted by Crippen LogP contribution is 2.16. The van der Waals surface area contributed by atoms with E-state index < -0.39 is 0 Å². The first-order valence-electron chi connectivity index (χ1n) is 5.65. The maximum atomic E-state index is 11.6. The molecule has 1 rings (SSSR count). The molecule has 1 aromatic carbocycles. The smallest absolute Gasteiger partial charge is 0.246 e. The molecule has 3 nitrogen and oxygen atoms in total. The molecule has 0 fully saturated rings.